The van der Waals surface area contributed by atoms with Gasteiger partial charge in [0.15, 0.2) is 18.0 Å². The Morgan fingerprint density at radius 1 is 1.07 bits per heavy atom. The van der Waals surface area contributed by atoms with Crippen molar-refractivity contribution in [3.8, 4) is 11.5 Å². The van der Waals surface area contributed by atoms with Gasteiger partial charge < -0.3 is 24.6 Å². The summed E-state index contributed by atoms with van der Waals surface area (Å²) in [6.07, 6.45) is -4.37. The third-order valence-corrected chi connectivity index (χ3v) is 4.84. The minimum Gasteiger partial charge on any atom is -0.493 e. The van der Waals surface area contributed by atoms with E-state index < -0.39 is 18.6 Å². The molecule has 0 saturated carbocycles. The summed E-state index contributed by atoms with van der Waals surface area (Å²) < 4.78 is 47.1. The van der Waals surface area contributed by atoms with Gasteiger partial charge in [-0.05, 0) is 24.6 Å². The molecule has 3 N–H and O–H groups in total. The van der Waals surface area contributed by atoms with Crippen LogP contribution in [0.3, 0.4) is 0 Å². The Labute approximate surface area is 157 Å². The van der Waals surface area contributed by atoms with Crippen molar-refractivity contribution in [3.05, 3.63) is 23.3 Å². The van der Waals surface area contributed by atoms with Crippen LogP contribution < -0.4 is 24.6 Å². The number of halogens is 3. The lowest BCUT2D eigenvalue weighted by Gasteiger charge is -2.29. The predicted octanol–water partition coefficient (Wildman–Crippen LogP) is -1.03. The number of piperazine rings is 1. The van der Waals surface area contributed by atoms with Crippen molar-refractivity contribution in [2.24, 2.45) is 0 Å². The molecule has 0 spiro atoms. The molecular weight excluding hydrogens is 363 g/mol. The van der Waals surface area contributed by atoms with Crippen LogP contribution in [0, 0.1) is 6.92 Å². The number of alkyl halides is 3. The van der Waals surface area contributed by atoms with Gasteiger partial charge in [-0.2, -0.15) is 13.2 Å². The van der Waals surface area contributed by atoms with Crippen LogP contribution >= 0.6 is 0 Å². The number of hydrogen-bond acceptors (Lipinski definition) is 3. The van der Waals surface area contributed by atoms with Crippen molar-refractivity contribution >= 4 is 5.91 Å². The largest absolute Gasteiger partial charge is 0.493 e. The molecule has 0 aromatic heterocycles. The molecule has 1 aliphatic rings. The van der Waals surface area contributed by atoms with Crippen LogP contribution in [0.25, 0.3) is 0 Å². The Morgan fingerprint density at radius 2 is 1.63 bits per heavy atom. The lowest BCUT2D eigenvalue weighted by molar-refractivity contribution is -1.02. The maximum atomic E-state index is 12.1. The van der Waals surface area contributed by atoms with Crippen LogP contribution in [0.5, 0.6) is 11.5 Å². The number of aryl methyl sites for hydroxylation is 1. The van der Waals surface area contributed by atoms with Crippen LogP contribution in [-0.4, -0.2) is 65.6 Å². The third-order valence-electron chi connectivity index (χ3n) is 4.84. The molecule has 27 heavy (non-hydrogen) atoms. The van der Waals surface area contributed by atoms with Gasteiger partial charge in [-0.25, -0.2) is 0 Å². The van der Waals surface area contributed by atoms with Crippen molar-refractivity contribution < 1.29 is 37.2 Å². The molecule has 0 aliphatic carbocycles. The van der Waals surface area contributed by atoms with Crippen molar-refractivity contribution in [2.75, 3.05) is 53.5 Å². The summed E-state index contributed by atoms with van der Waals surface area (Å²) in [5, 5.41) is 1.93. The topological polar surface area (TPSA) is 56.4 Å². The van der Waals surface area contributed by atoms with E-state index in [4.69, 9.17) is 9.47 Å². The van der Waals surface area contributed by atoms with Gasteiger partial charge >= 0.3 is 6.18 Å². The van der Waals surface area contributed by atoms with Crippen molar-refractivity contribution in [1.82, 2.24) is 5.32 Å². The van der Waals surface area contributed by atoms with E-state index in [0.29, 0.717) is 11.5 Å². The minimum atomic E-state index is -4.37. The van der Waals surface area contributed by atoms with Gasteiger partial charge in [-0.15, -0.1) is 0 Å². The van der Waals surface area contributed by atoms with E-state index in [1.807, 2.05) is 24.4 Å². The highest BCUT2D eigenvalue weighted by molar-refractivity contribution is 5.76. The van der Waals surface area contributed by atoms with Gasteiger partial charge in [0.25, 0.3) is 5.91 Å². The second-order valence-electron chi connectivity index (χ2n) is 6.88. The van der Waals surface area contributed by atoms with Crippen LogP contribution in [0.15, 0.2) is 12.1 Å². The minimum absolute atomic E-state index is 0.0821. The zero-order valence-electron chi connectivity index (χ0n) is 16.0. The molecule has 1 amide bonds. The number of quaternary nitrogens is 2. The quantitative estimate of drug-likeness (QED) is 0.558. The third kappa shape index (κ3) is 6.59. The van der Waals surface area contributed by atoms with Crippen LogP contribution in [-0.2, 0) is 11.3 Å². The summed E-state index contributed by atoms with van der Waals surface area (Å²) in [4.78, 5) is 14.0. The monoisotopic (exact) mass is 391 g/mol. The number of carbonyl (C=O) groups is 1. The van der Waals surface area contributed by atoms with Gasteiger partial charge in [0.05, 0.1) is 14.2 Å². The Balaban J connectivity index is 1.83. The summed E-state index contributed by atoms with van der Waals surface area (Å²) in [5.74, 6) is 0.845. The second-order valence-corrected chi connectivity index (χ2v) is 6.88. The fourth-order valence-corrected chi connectivity index (χ4v) is 3.28. The molecule has 0 bridgehead atoms. The molecule has 152 valence electrons. The summed E-state index contributed by atoms with van der Waals surface area (Å²) in [5.41, 5.74) is 2.30. The predicted molar refractivity (Wildman–Crippen MR) is 93.3 cm³/mol. The first kappa shape index (κ1) is 21.3. The van der Waals surface area contributed by atoms with E-state index in [1.165, 1.54) is 10.5 Å². The summed E-state index contributed by atoms with van der Waals surface area (Å²) >= 11 is 0. The number of ether oxygens (including phenoxy) is 2. The second kappa shape index (κ2) is 9.27. The van der Waals surface area contributed by atoms with Gasteiger partial charge in [0, 0.05) is 5.56 Å². The normalized spacial score (nSPS) is 20.2. The molecule has 1 saturated heterocycles. The molecule has 0 atom stereocenters. The van der Waals surface area contributed by atoms with Gasteiger partial charge in [-0.1, -0.05) is 0 Å². The standard InChI is InChI=1S/C18H26F3N3O3/c1-13-8-15(26-2)16(27-3)9-14(13)10-23-4-6-24(7-5-23)11-17(25)22-12-18(19,20)21/h8-9H,4-7,10-12H2,1-3H3,(H,22,25)/p+2. The molecular formula is C18H28F3N3O3+2. The van der Waals surface area contributed by atoms with Gasteiger partial charge in [0.2, 0.25) is 0 Å². The smallest absolute Gasteiger partial charge is 0.405 e. The number of amides is 1. The van der Waals surface area contributed by atoms with E-state index in [0.717, 1.165) is 43.2 Å². The van der Waals surface area contributed by atoms with Gasteiger partial charge in [0.1, 0.15) is 39.3 Å². The highest BCUT2D eigenvalue weighted by atomic mass is 19.4. The zero-order chi connectivity index (χ0) is 20.0. The highest BCUT2D eigenvalue weighted by Crippen LogP contribution is 2.29. The fraction of sp³-hybridized carbons (Fsp3) is 0.611. The van der Waals surface area contributed by atoms with Gasteiger partial charge in [-0.3, -0.25) is 4.79 Å². The molecule has 0 radical (unpaired) electrons. The summed E-state index contributed by atoms with van der Waals surface area (Å²) in [6.45, 7) is 4.89. The van der Waals surface area contributed by atoms with Crippen LogP contribution in [0.2, 0.25) is 0 Å². The first-order chi connectivity index (χ1) is 12.7. The van der Waals surface area contributed by atoms with E-state index in [9.17, 15) is 18.0 Å². The maximum absolute atomic E-state index is 12.1. The zero-order valence-corrected chi connectivity index (χ0v) is 16.0. The Hall–Kier alpha value is -2.00. The first-order valence-corrected chi connectivity index (χ1v) is 8.94. The highest BCUT2D eigenvalue weighted by Gasteiger charge is 2.30. The van der Waals surface area contributed by atoms with E-state index in [2.05, 4.69) is 0 Å². The summed E-state index contributed by atoms with van der Waals surface area (Å²) in [7, 11) is 3.21. The molecule has 1 aromatic rings. The van der Waals surface area contributed by atoms with Crippen LogP contribution in [0.4, 0.5) is 13.2 Å². The average molecular weight is 391 g/mol. The molecule has 0 unspecified atom stereocenters. The molecule has 1 aliphatic heterocycles. The Kier molecular flexibility index (Phi) is 7.32. The van der Waals surface area contributed by atoms with Crippen molar-refractivity contribution in [3.63, 3.8) is 0 Å². The average Bonchev–Trinajstić information content (AvgIpc) is 2.62. The molecule has 1 fully saturated rings. The Morgan fingerprint density at radius 3 is 2.19 bits per heavy atom. The van der Waals surface area contributed by atoms with Crippen LogP contribution in [0.1, 0.15) is 11.1 Å². The number of methoxy groups -OCH3 is 2. The molecule has 6 nitrogen and oxygen atoms in total. The molecule has 1 aromatic carbocycles. The lowest BCUT2D eigenvalue weighted by atomic mass is 10.1. The molecule has 1 heterocycles. The Bertz CT molecular complexity index is 645. The fourth-order valence-electron chi connectivity index (χ4n) is 3.28. The SMILES string of the molecule is COc1cc(C)c(C[NH+]2CC[NH+](CC(=O)NCC(F)(F)F)CC2)cc1OC. The van der Waals surface area contributed by atoms with E-state index >= 15 is 0 Å². The maximum Gasteiger partial charge on any atom is 0.405 e. The molecule has 2 rings (SSSR count). The molecule has 9 heteroatoms. The van der Waals surface area contributed by atoms with Crippen molar-refractivity contribution in [2.45, 2.75) is 19.6 Å². The summed E-state index contributed by atoms with van der Waals surface area (Å²) in [6, 6.07) is 3.95. The number of nitrogens with one attached hydrogen (secondary N) is 3. The van der Waals surface area contributed by atoms with E-state index in [1.54, 1.807) is 14.2 Å². The van der Waals surface area contributed by atoms with Crippen molar-refractivity contribution in [1.29, 1.82) is 0 Å². The number of benzene rings is 1. The lowest BCUT2D eigenvalue weighted by Crippen LogP contribution is -3.28. The first-order valence-electron chi connectivity index (χ1n) is 8.94. The number of rotatable bonds is 7. The number of carbonyl (C=O) groups excluding carboxylic acids is 1. The van der Waals surface area contributed by atoms with E-state index in [-0.39, 0.29) is 6.54 Å². The number of hydrogen-bond donors (Lipinski definition) is 3.